The Morgan fingerprint density at radius 1 is 0.517 bits per heavy atom. The molecule has 0 bridgehead atoms. The van der Waals surface area contributed by atoms with Crippen LogP contribution in [0.3, 0.4) is 0 Å². The Balaban J connectivity index is 1.16. The van der Waals surface area contributed by atoms with Crippen LogP contribution in [0.25, 0.3) is 43.1 Å². The molecular weight excluding hydrogens is 749 g/mol. The number of benzene rings is 5. The van der Waals surface area contributed by atoms with E-state index in [-0.39, 0.29) is 29.7 Å². The fourth-order valence-corrected chi connectivity index (χ4v) is 9.91. The Labute approximate surface area is 355 Å². The Bertz CT molecular complexity index is 2260. The summed E-state index contributed by atoms with van der Waals surface area (Å²) in [5.41, 5.74) is 2.15. The Kier molecular flexibility index (Phi) is 14.3. The van der Waals surface area contributed by atoms with Gasteiger partial charge in [0, 0.05) is 51.7 Å². The molecule has 0 saturated carbocycles. The predicted molar refractivity (Wildman–Crippen MR) is 242 cm³/mol. The van der Waals surface area contributed by atoms with E-state index in [2.05, 4.69) is 20.4 Å². The summed E-state index contributed by atoms with van der Waals surface area (Å²) in [6.07, 6.45) is 22.4. The highest BCUT2D eigenvalue weighted by Crippen LogP contribution is 2.46. The van der Waals surface area contributed by atoms with E-state index in [4.69, 9.17) is 4.74 Å². The van der Waals surface area contributed by atoms with Crippen LogP contribution in [0.5, 0.6) is 0 Å². The van der Waals surface area contributed by atoms with E-state index in [1.165, 1.54) is 69.1 Å². The van der Waals surface area contributed by atoms with E-state index in [9.17, 15) is 24.0 Å². The van der Waals surface area contributed by atoms with E-state index in [1.54, 1.807) is 4.90 Å². The molecule has 2 heterocycles. The predicted octanol–water partition coefficient (Wildman–Crippen LogP) is 12.9. The molecule has 0 saturated heterocycles. The number of carbonyl (C=O) groups excluding carboxylic acids is 5. The largest absolute Gasteiger partial charge is 0.463 e. The zero-order valence-electron chi connectivity index (χ0n) is 35.9. The van der Waals surface area contributed by atoms with Gasteiger partial charge in [-0.3, -0.25) is 29.0 Å². The van der Waals surface area contributed by atoms with Crippen molar-refractivity contribution in [3.8, 4) is 0 Å². The lowest BCUT2D eigenvalue weighted by atomic mass is 9.82. The summed E-state index contributed by atoms with van der Waals surface area (Å²) in [5.74, 6) is -1.44. The SMILES string of the molecule is C=CC(=O)OCCCCCCN1C(=O)c2ccc3c4ccc5c6c(ccc(c7ccc(c2c37)C1=O)c64)C(=O)N(C(CCCCCCCCC)CCCCCCCCC)C5=O. The summed E-state index contributed by atoms with van der Waals surface area (Å²) in [6.45, 7) is 8.50. The average molecular weight is 811 g/mol. The zero-order valence-corrected chi connectivity index (χ0v) is 35.9. The lowest BCUT2D eigenvalue weighted by Gasteiger charge is -2.35. The first kappa shape index (κ1) is 43.0. The molecule has 4 amide bonds. The Morgan fingerprint density at radius 2 is 0.900 bits per heavy atom. The lowest BCUT2D eigenvalue weighted by molar-refractivity contribution is -0.137. The summed E-state index contributed by atoms with van der Waals surface area (Å²) in [5, 5.41) is 6.70. The van der Waals surface area contributed by atoms with Crippen LogP contribution in [0.15, 0.2) is 61.2 Å². The van der Waals surface area contributed by atoms with Gasteiger partial charge in [0.1, 0.15) is 0 Å². The molecule has 2 aliphatic rings. The maximum atomic E-state index is 14.7. The second kappa shape index (κ2) is 20.0. The number of rotatable bonds is 25. The number of fused-ring (bicyclic) bond motifs is 2. The van der Waals surface area contributed by atoms with E-state index in [1.807, 2.05) is 48.5 Å². The number of nitrogens with zero attached hydrogens (tertiary/aromatic N) is 2. The van der Waals surface area contributed by atoms with Gasteiger partial charge in [0.05, 0.1) is 6.61 Å². The van der Waals surface area contributed by atoms with Crippen LogP contribution in [0.1, 0.15) is 184 Å². The van der Waals surface area contributed by atoms with Crippen LogP contribution < -0.4 is 0 Å². The number of imide groups is 2. The smallest absolute Gasteiger partial charge is 0.330 e. The second-order valence-corrected chi connectivity index (χ2v) is 17.1. The van der Waals surface area contributed by atoms with Crippen molar-refractivity contribution >= 4 is 72.7 Å². The van der Waals surface area contributed by atoms with Crippen molar-refractivity contribution in [1.82, 2.24) is 9.80 Å². The van der Waals surface area contributed by atoms with Crippen molar-refractivity contribution in [3.63, 3.8) is 0 Å². The molecule has 7 rings (SSSR count). The molecule has 0 aliphatic carbocycles. The molecule has 60 heavy (non-hydrogen) atoms. The van der Waals surface area contributed by atoms with E-state index in [0.717, 1.165) is 89.8 Å². The van der Waals surface area contributed by atoms with Gasteiger partial charge in [-0.05, 0) is 88.7 Å². The first-order chi connectivity index (χ1) is 29.3. The molecular formula is C52H62N2O6. The number of hydrogen-bond donors (Lipinski definition) is 0. The number of hydrogen-bond acceptors (Lipinski definition) is 6. The monoisotopic (exact) mass is 810 g/mol. The van der Waals surface area contributed by atoms with Crippen molar-refractivity contribution < 1.29 is 28.7 Å². The van der Waals surface area contributed by atoms with Gasteiger partial charge in [-0.2, -0.15) is 0 Å². The molecule has 5 aromatic rings. The van der Waals surface area contributed by atoms with Gasteiger partial charge >= 0.3 is 5.97 Å². The van der Waals surface area contributed by atoms with Crippen LogP contribution >= 0.6 is 0 Å². The minimum Gasteiger partial charge on any atom is -0.463 e. The molecule has 8 heteroatoms. The van der Waals surface area contributed by atoms with Crippen LogP contribution in [0.4, 0.5) is 0 Å². The minimum absolute atomic E-state index is 0.132. The number of amides is 4. The van der Waals surface area contributed by atoms with Gasteiger partial charge in [0.25, 0.3) is 23.6 Å². The molecule has 8 nitrogen and oxygen atoms in total. The van der Waals surface area contributed by atoms with E-state index >= 15 is 0 Å². The molecule has 0 fully saturated rings. The summed E-state index contributed by atoms with van der Waals surface area (Å²) in [4.78, 5) is 71.5. The quantitative estimate of drug-likeness (QED) is 0.0145. The molecule has 0 unspecified atom stereocenters. The van der Waals surface area contributed by atoms with Gasteiger partial charge in [-0.1, -0.05) is 141 Å². The molecule has 0 spiro atoms. The summed E-state index contributed by atoms with van der Waals surface area (Å²) in [7, 11) is 0. The highest BCUT2D eigenvalue weighted by atomic mass is 16.5. The van der Waals surface area contributed by atoms with Gasteiger partial charge < -0.3 is 4.74 Å². The highest BCUT2D eigenvalue weighted by Gasteiger charge is 2.39. The van der Waals surface area contributed by atoms with Crippen molar-refractivity contribution in [1.29, 1.82) is 0 Å². The van der Waals surface area contributed by atoms with Crippen LogP contribution in [0.2, 0.25) is 0 Å². The zero-order chi connectivity index (χ0) is 42.2. The van der Waals surface area contributed by atoms with Crippen LogP contribution in [0, 0.1) is 0 Å². The van der Waals surface area contributed by atoms with Gasteiger partial charge in [0.2, 0.25) is 0 Å². The minimum atomic E-state index is -0.439. The van der Waals surface area contributed by atoms with E-state index < -0.39 is 5.97 Å². The Hall–Kier alpha value is -5.11. The topological polar surface area (TPSA) is 101 Å². The van der Waals surface area contributed by atoms with E-state index in [0.29, 0.717) is 59.0 Å². The normalized spacial score (nSPS) is 14.0. The maximum Gasteiger partial charge on any atom is 0.330 e. The van der Waals surface area contributed by atoms with Crippen LogP contribution in [-0.2, 0) is 9.53 Å². The summed E-state index contributed by atoms with van der Waals surface area (Å²) < 4.78 is 5.05. The fraction of sp³-hybridized carbons (Fsp3) is 0.481. The van der Waals surface area contributed by atoms with Gasteiger partial charge in [-0.15, -0.1) is 0 Å². The first-order valence-electron chi connectivity index (χ1n) is 23.1. The molecule has 316 valence electrons. The standard InChI is InChI=1S/C52H62N2O6/c1-4-7-9-11-13-15-19-23-35(24-20-16-14-12-10-8-5-2)54-51(58)42-31-27-38-36-25-29-40-47-41(50(57)53(49(40)56)33-21-17-18-22-34-60-44(55)6-3)30-26-37(45(36)47)39-28-32-43(52(54)59)48(42)46(38)39/h6,25-32,35H,3-5,7-24,33-34H2,1-2H3. The highest BCUT2D eigenvalue weighted by molar-refractivity contribution is 6.41. The van der Waals surface area contributed by atoms with Crippen molar-refractivity contribution in [2.75, 3.05) is 13.2 Å². The molecule has 0 atom stereocenters. The molecule has 0 radical (unpaired) electrons. The molecule has 5 aromatic carbocycles. The van der Waals surface area contributed by atoms with Crippen molar-refractivity contribution in [3.05, 3.63) is 83.4 Å². The van der Waals surface area contributed by atoms with Crippen molar-refractivity contribution in [2.45, 2.75) is 148 Å². The third kappa shape index (κ3) is 8.57. The van der Waals surface area contributed by atoms with Crippen LogP contribution in [-0.4, -0.2) is 58.6 Å². The number of esters is 1. The first-order valence-corrected chi connectivity index (χ1v) is 23.1. The number of ether oxygens (including phenoxy) is 1. The number of carbonyl (C=O) groups is 5. The van der Waals surface area contributed by atoms with Crippen molar-refractivity contribution in [2.24, 2.45) is 0 Å². The summed E-state index contributed by atoms with van der Waals surface area (Å²) >= 11 is 0. The Morgan fingerprint density at radius 3 is 1.33 bits per heavy atom. The third-order valence-electron chi connectivity index (χ3n) is 13.1. The van der Waals surface area contributed by atoms with Gasteiger partial charge in [0.15, 0.2) is 0 Å². The lowest BCUT2D eigenvalue weighted by Crippen LogP contribution is -2.47. The van der Waals surface area contributed by atoms with Gasteiger partial charge in [-0.25, -0.2) is 4.79 Å². The number of unbranched alkanes of at least 4 members (excludes halogenated alkanes) is 15. The third-order valence-corrected chi connectivity index (χ3v) is 13.1. The average Bonchev–Trinajstić information content (AvgIpc) is 3.26. The molecule has 0 aromatic heterocycles. The fourth-order valence-electron chi connectivity index (χ4n) is 9.91. The molecule has 0 N–H and O–H groups in total. The maximum absolute atomic E-state index is 14.7. The molecule has 2 aliphatic heterocycles. The summed E-state index contributed by atoms with van der Waals surface area (Å²) in [6, 6.07) is 15.3. The second-order valence-electron chi connectivity index (χ2n) is 17.1.